The zero-order chi connectivity index (χ0) is 17.1. The highest BCUT2D eigenvalue weighted by Gasteiger charge is 2.16. The average Bonchev–Trinajstić information content (AvgIpc) is 3.03. The number of nitrogens with zero attached hydrogens (tertiary/aromatic N) is 2. The molecule has 0 saturated heterocycles. The molecule has 3 rings (SSSR count). The van der Waals surface area contributed by atoms with Crippen LogP contribution in [0.15, 0.2) is 48.0 Å². The van der Waals surface area contributed by atoms with Crippen LogP contribution in [0.2, 0.25) is 0 Å². The molecule has 1 heterocycles. The van der Waals surface area contributed by atoms with E-state index in [-0.39, 0.29) is 18.4 Å². The minimum absolute atomic E-state index is 0.00651. The van der Waals surface area contributed by atoms with E-state index in [0.717, 1.165) is 21.5 Å². The number of aryl methyl sites for hydroxylation is 1. The number of thiazole rings is 1. The quantitative estimate of drug-likeness (QED) is 0.793. The van der Waals surface area contributed by atoms with E-state index in [2.05, 4.69) is 10.3 Å². The summed E-state index contributed by atoms with van der Waals surface area (Å²) in [5.74, 6) is -0.419. The summed E-state index contributed by atoms with van der Waals surface area (Å²) in [6, 6.07) is 12.9. The van der Waals surface area contributed by atoms with E-state index in [1.54, 1.807) is 18.6 Å². The van der Waals surface area contributed by atoms with Crippen LogP contribution in [0.3, 0.4) is 0 Å². The zero-order valence-corrected chi connectivity index (χ0v) is 14.3. The number of nitrogens with one attached hydrogen (secondary N) is 1. The van der Waals surface area contributed by atoms with Gasteiger partial charge in [0.1, 0.15) is 0 Å². The number of amides is 2. The van der Waals surface area contributed by atoms with Crippen LogP contribution in [0.25, 0.3) is 10.2 Å². The highest BCUT2D eigenvalue weighted by molar-refractivity contribution is 7.16. The van der Waals surface area contributed by atoms with E-state index in [1.165, 1.54) is 16.2 Å². The van der Waals surface area contributed by atoms with Crippen LogP contribution < -0.4 is 5.32 Å². The van der Waals surface area contributed by atoms with Gasteiger partial charge in [-0.05, 0) is 37.3 Å². The second-order valence-electron chi connectivity index (χ2n) is 5.61. The number of fused-ring (bicyclic) bond motifs is 1. The van der Waals surface area contributed by atoms with E-state index < -0.39 is 0 Å². The third kappa shape index (κ3) is 3.60. The fourth-order valence-corrected chi connectivity index (χ4v) is 3.05. The second kappa shape index (κ2) is 6.80. The highest BCUT2D eigenvalue weighted by atomic mass is 32.1. The molecule has 0 fully saturated rings. The van der Waals surface area contributed by atoms with Crippen molar-refractivity contribution in [2.24, 2.45) is 0 Å². The topological polar surface area (TPSA) is 62.3 Å². The number of hydrogen-bond donors (Lipinski definition) is 1. The predicted octanol–water partition coefficient (Wildman–Crippen LogP) is 3.32. The number of carbonyl (C=O) groups is 2. The van der Waals surface area contributed by atoms with Gasteiger partial charge in [-0.1, -0.05) is 17.7 Å². The second-order valence-corrected chi connectivity index (χ2v) is 6.50. The van der Waals surface area contributed by atoms with Crippen molar-refractivity contribution in [2.75, 3.05) is 18.9 Å². The summed E-state index contributed by atoms with van der Waals surface area (Å²) in [7, 11) is 1.62. The summed E-state index contributed by atoms with van der Waals surface area (Å²) in [6.07, 6.45) is 0. The first kappa shape index (κ1) is 16.1. The lowest BCUT2D eigenvalue weighted by Crippen LogP contribution is -2.34. The lowest BCUT2D eigenvalue weighted by Gasteiger charge is -2.17. The predicted molar refractivity (Wildman–Crippen MR) is 96.4 cm³/mol. The molecule has 0 saturated carbocycles. The molecule has 0 radical (unpaired) electrons. The maximum Gasteiger partial charge on any atom is 0.254 e. The van der Waals surface area contributed by atoms with E-state index in [1.807, 2.05) is 43.3 Å². The molecule has 3 aromatic rings. The molecule has 0 aliphatic carbocycles. The van der Waals surface area contributed by atoms with Gasteiger partial charge in [0, 0.05) is 18.3 Å². The highest BCUT2D eigenvalue weighted by Crippen LogP contribution is 2.19. The summed E-state index contributed by atoms with van der Waals surface area (Å²) in [6.45, 7) is 1.98. The van der Waals surface area contributed by atoms with Crippen molar-refractivity contribution in [3.63, 3.8) is 0 Å². The summed E-state index contributed by atoms with van der Waals surface area (Å²) < 4.78 is 0.957. The van der Waals surface area contributed by atoms with Crippen LogP contribution in [0, 0.1) is 6.92 Å². The van der Waals surface area contributed by atoms with Gasteiger partial charge in [0.05, 0.1) is 22.3 Å². The van der Waals surface area contributed by atoms with Crippen molar-refractivity contribution < 1.29 is 9.59 Å². The van der Waals surface area contributed by atoms with E-state index in [4.69, 9.17) is 0 Å². The maximum absolute atomic E-state index is 12.5. The molecule has 1 N–H and O–H groups in total. The Hall–Kier alpha value is -2.73. The Morgan fingerprint density at radius 2 is 1.92 bits per heavy atom. The van der Waals surface area contributed by atoms with Gasteiger partial charge in [-0.25, -0.2) is 4.98 Å². The summed E-state index contributed by atoms with van der Waals surface area (Å²) in [5, 5.41) is 2.79. The van der Waals surface area contributed by atoms with Gasteiger partial charge < -0.3 is 10.2 Å². The lowest BCUT2D eigenvalue weighted by molar-refractivity contribution is -0.116. The molecule has 0 bridgehead atoms. The van der Waals surface area contributed by atoms with Crippen molar-refractivity contribution in [3.05, 3.63) is 59.1 Å². The van der Waals surface area contributed by atoms with Gasteiger partial charge >= 0.3 is 0 Å². The number of hydrogen-bond acceptors (Lipinski definition) is 4. The minimum atomic E-state index is -0.228. The summed E-state index contributed by atoms with van der Waals surface area (Å²) in [4.78, 5) is 30.2. The zero-order valence-electron chi connectivity index (χ0n) is 13.4. The molecule has 2 amide bonds. The van der Waals surface area contributed by atoms with Crippen LogP contribution in [-0.2, 0) is 4.79 Å². The third-order valence-corrected chi connectivity index (χ3v) is 4.43. The first-order valence-corrected chi connectivity index (χ1v) is 8.36. The van der Waals surface area contributed by atoms with Gasteiger partial charge in [-0.2, -0.15) is 0 Å². The Bertz CT molecular complexity index is 887. The molecule has 24 heavy (non-hydrogen) atoms. The van der Waals surface area contributed by atoms with E-state index in [0.29, 0.717) is 5.56 Å². The van der Waals surface area contributed by atoms with E-state index in [9.17, 15) is 9.59 Å². The maximum atomic E-state index is 12.5. The molecule has 0 spiro atoms. The molecule has 0 aliphatic heterocycles. The summed E-state index contributed by atoms with van der Waals surface area (Å²) in [5.41, 5.74) is 5.02. The standard InChI is InChI=1S/C18H17N3O2S/c1-12-3-6-14(7-4-12)20-17(22)10-21(2)18(23)13-5-8-15-16(9-13)24-11-19-15/h3-9,11H,10H2,1-2H3,(H,20,22). The minimum Gasteiger partial charge on any atom is -0.332 e. The third-order valence-electron chi connectivity index (χ3n) is 3.64. The smallest absolute Gasteiger partial charge is 0.254 e. The van der Waals surface area contributed by atoms with Crippen LogP contribution in [-0.4, -0.2) is 35.3 Å². The molecule has 0 aliphatic rings. The molecular weight excluding hydrogens is 322 g/mol. The molecule has 2 aromatic carbocycles. The number of aromatic nitrogens is 1. The molecule has 0 atom stereocenters. The monoisotopic (exact) mass is 339 g/mol. The Morgan fingerprint density at radius 3 is 2.67 bits per heavy atom. The normalized spacial score (nSPS) is 10.6. The molecule has 1 aromatic heterocycles. The van der Waals surface area contributed by atoms with Crippen LogP contribution in [0.1, 0.15) is 15.9 Å². The van der Waals surface area contributed by atoms with Gasteiger partial charge in [0.2, 0.25) is 5.91 Å². The number of carbonyl (C=O) groups excluding carboxylic acids is 2. The number of anilines is 1. The first-order chi connectivity index (χ1) is 11.5. The first-order valence-electron chi connectivity index (χ1n) is 7.48. The Balaban J connectivity index is 1.64. The largest absolute Gasteiger partial charge is 0.332 e. The number of benzene rings is 2. The number of likely N-dealkylation sites (N-methyl/N-ethyl adjacent to an activating group) is 1. The molecule has 0 unspecified atom stereocenters. The fraction of sp³-hybridized carbons (Fsp3) is 0.167. The van der Waals surface area contributed by atoms with Crippen molar-refractivity contribution >= 4 is 39.1 Å². The van der Waals surface area contributed by atoms with Crippen molar-refractivity contribution in [2.45, 2.75) is 6.92 Å². The molecule has 6 heteroatoms. The van der Waals surface area contributed by atoms with E-state index >= 15 is 0 Å². The lowest BCUT2D eigenvalue weighted by atomic mass is 10.2. The van der Waals surface area contributed by atoms with Crippen molar-refractivity contribution in [3.8, 4) is 0 Å². The Morgan fingerprint density at radius 1 is 1.17 bits per heavy atom. The van der Waals surface area contributed by atoms with Gasteiger partial charge in [-0.15, -0.1) is 11.3 Å². The Kier molecular flexibility index (Phi) is 4.57. The van der Waals surface area contributed by atoms with Crippen LogP contribution in [0.5, 0.6) is 0 Å². The molecular formula is C18H17N3O2S. The summed E-state index contributed by atoms with van der Waals surface area (Å²) >= 11 is 1.49. The van der Waals surface area contributed by atoms with Gasteiger partial charge in [-0.3, -0.25) is 9.59 Å². The van der Waals surface area contributed by atoms with Gasteiger partial charge in [0.25, 0.3) is 5.91 Å². The molecule has 122 valence electrons. The Labute approximate surface area is 143 Å². The van der Waals surface area contributed by atoms with Crippen molar-refractivity contribution in [1.82, 2.24) is 9.88 Å². The van der Waals surface area contributed by atoms with Crippen LogP contribution in [0.4, 0.5) is 5.69 Å². The van der Waals surface area contributed by atoms with Gasteiger partial charge in [0.15, 0.2) is 0 Å². The average molecular weight is 339 g/mol. The fourth-order valence-electron chi connectivity index (χ4n) is 2.33. The van der Waals surface area contributed by atoms with Crippen LogP contribution >= 0.6 is 11.3 Å². The molecule has 5 nitrogen and oxygen atoms in total. The number of rotatable bonds is 4. The SMILES string of the molecule is Cc1ccc(NC(=O)CN(C)C(=O)c2ccc3ncsc3c2)cc1. The van der Waals surface area contributed by atoms with Crippen molar-refractivity contribution in [1.29, 1.82) is 0 Å².